The van der Waals surface area contributed by atoms with Crippen LogP contribution in [-0.4, -0.2) is 15.1 Å². The average molecular weight is 188 g/mol. The van der Waals surface area contributed by atoms with Crippen molar-refractivity contribution in [3.05, 3.63) is 41.9 Å². The van der Waals surface area contributed by atoms with Gasteiger partial charge < -0.3 is 10.1 Å². The summed E-state index contributed by atoms with van der Waals surface area (Å²) in [6.45, 7) is 2.01. The highest BCUT2D eigenvalue weighted by molar-refractivity contribution is 5.58. The van der Waals surface area contributed by atoms with Gasteiger partial charge in [0.05, 0.1) is 18.5 Å². The lowest BCUT2D eigenvalue weighted by Crippen LogP contribution is -1.83. The van der Waals surface area contributed by atoms with Gasteiger partial charge in [-0.1, -0.05) is 24.3 Å². The Labute approximate surface area is 82.4 Å². The zero-order chi connectivity index (χ0) is 9.97. The molecule has 0 radical (unpaired) electrons. The quantitative estimate of drug-likeness (QED) is 0.756. The van der Waals surface area contributed by atoms with E-state index in [1.165, 1.54) is 0 Å². The van der Waals surface area contributed by atoms with E-state index in [-0.39, 0.29) is 6.61 Å². The molecule has 0 aliphatic rings. The maximum atomic E-state index is 8.88. The summed E-state index contributed by atoms with van der Waals surface area (Å²) < 4.78 is 0. The number of benzene rings is 1. The summed E-state index contributed by atoms with van der Waals surface area (Å²) in [6.07, 6.45) is 1.81. The fraction of sp³-hybridized carbons (Fsp3) is 0.182. The van der Waals surface area contributed by atoms with Gasteiger partial charge in [-0.05, 0) is 18.1 Å². The van der Waals surface area contributed by atoms with E-state index in [2.05, 4.69) is 9.97 Å². The van der Waals surface area contributed by atoms with Crippen molar-refractivity contribution in [3.8, 4) is 11.3 Å². The number of aliphatic hydroxyl groups excluding tert-OH is 1. The van der Waals surface area contributed by atoms with E-state index in [0.29, 0.717) is 0 Å². The molecule has 1 heterocycles. The molecule has 72 valence electrons. The van der Waals surface area contributed by atoms with Crippen LogP contribution in [0.5, 0.6) is 0 Å². The molecule has 3 nitrogen and oxygen atoms in total. The number of aromatic nitrogens is 2. The molecular formula is C11H12N2O. The van der Waals surface area contributed by atoms with Gasteiger partial charge >= 0.3 is 0 Å². The number of aromatic amines is 1. The number of aliphatic hydroxyl groups is 1. The molecule has 0 atom stereocenters. The van der Waals surface area contributed by atoms with Crippen molar-refractivity contribution >= 4 is 0 Å². The summed E-state index contributed by atoms with van der Waals surface area (Å²) >= 11 is 0. The summed E-state index contributed by atoms with van der Waals surface area (Å²) in [7, 11) is 0. The molecule has 0 amide bonds. The number of hydrogen-bond acceptors (Lipinski definition) is 2. The van der Waals surface area contributed by atoms with E-state index < -0.39 is 0 Å². The van der Waals surface area contributed by atoms with Gasteiger partial charge in [0.15, 0.2) is 0 Å². The Morgan fingerprint density at radius 1 is 1.29 bits per heavy atom. The highest BCUT2D eigenvalue weighted by atomic mass is 16.3. The minimum Gasteiger partial charge on any atom is -0.392 e. The number of hydrogen-bond donors (Lipinski definition) is 2. The van der Waals surface area contributed by atoms with Gasteiger partial charge in [0.25, 0.3) is 0 Å². The van der Waals surface area contributed by atoms with E-state index in [4.69, 9.17) is 5.11 Å². The van der Waals surface area contributed by atoms with Gasteiger partial charge in [-0.2, -0.15) is 0 Å². The number of nitrogens with zero attached hydrogens (tertiary/aromatic N) is 1. The van der Waals surface area contributed by atoms with Crippen molar-refractivity contribution in [2.75, 3.05) is 0 Å². The van der Waals surface area contributed by atoms with Gasteiger partial charge in [-0.3, -0.25) is 0 Å². The summed E-state index contributed by atoms with van der Waals surface area (Å²) in [5.74, 6) is 0.909. The van der Waals surface area contributed by atoms with Crippen LogP contribution >= 0.6 is 0 Å². The fourth-order valence-corrected chi connectivity index (χ4v) is 1.36. The fourth-order valence-electron chi connectivity index (χ4n) is 1.36. The Bertz CT molecular complexity index is 417. The first-order chi connectivity index (χ1) is 6.79. The van der Waals surface area contributed by atoms with Crippen LogP contribution < -0.4 is 0 Å². The summed E-state index contributed by atoms with van der Waals surface area (Å²) in [5, 5.41) is 8.88. The van der Waals surface area contributed by atoms with Crippen molar-refractivity contribution in [3.63, 3.8) is 0 Å². The van der Waals surface area contributed by atoms with Crippen LogP contribution in [0, 0.1) is 6.92 Å². The van der Waals surface area contributed by atoms with Crippen LogP contribution in [0.1, 0.15) is 11.4 Å². The molecule has 0 bridgehead atoms. The molecule has 0 saturated heterocycles. The first-order valence-electron chi connectivity index (χ1n) is 4.51. The zero-order valence-corrected chi connectivity index (χ0v) is 7.99. The van der Waals surface area contributed by atoms with Gasteiger partial charge in [0.1, 0.15) is 5.82 Å². The standard InChI is InChI=1S/C11H12N2O/c1-8-12-6-11(13-8)10-4-2-9(7-14)3-5-10/h2-6,14H,7H2,1H3,(H,12,13). The molecule has 0 fully saturated rings. The maximum Gasteiger partial charge on any atom is 0.103 e. The molecule has 0 unspecified atom stereocenters. The van der Waals surface area contributed by atoms with E-state index in [1.54, 1.807) is 0 Å². The van der Waals surface area contributed by atoms with Gasteiger partial charge in [0, 0.05) is 0 Å². The van der Waals surface area contributed by atoms with Crippen LogP contribution in [0.4, 0.5) is 0 Å². The molecule has 0 aliphatic carbocycles. The SMILES string of the molecule is Cc1ncc(-c2ccc(CO)cc2)[nH]1. The molecule has 0 aliphatic heterocycles. The van der Waals surface area contributed by atoms with Crippen LogP contribution in [-0.2, 0) is 6.61 Å². The van der Waals surface area contributed by atoms with Gasteiger partial charge in [-0.15, -0.1) is 0 Å². The normalized spacial score (nSPS) is 10.4. The molecular weight excluding hydrogens is 176 g/mol. The maximum absolute atomic E-state index is 8.88. The summed E-state index contributed by atoms with van der Waals surface area (Å²) in [5.41, 5.74) is 3.01. The second kappa shape index (κ2) is 3.64. The van der Waals surface area contributed by atoms with Gasteiger partial charge in [0.2, 0.25) is 0 Å². The molecule has 3 heteroatoms. The number of nitrogens with one attached hydrogen (secondary N) is 1. The van der Waals surface area contributed by atoms with Crippen LogP contribution in [0.3, 0.4) is 0 Å². The minimum atomic E-state index is 0.0856. The first kappa shape index (κ1) is 8.97. The highest BCUT2D eigenvalue weighted by Crippen LogP contribution is 2.17. The smallest absolute Gasteiger partial charge is 0.103 e. The molecule has 2 aromatic rings. The Hall–Kier alpha value is -1.61. The van der Waals surface area contributed by atoms with Crippen LogP contribution in [0.25, 0.3) is 11.3 Å². The van der Waals surface area contributed by atoms with Crippen LogP contribution in [0.2, 0.25) is 0 Å². The Morgan fingerprint density at radius 2 is 2.00 bits per heavy atom. The average Bonchev–Trinajstić information content (AvgIpc) is 2.65. The number of H-pyrrole nitrogens is 1. The number of rotatable bonds is 2. The molecule has 1 aromatic heterocycles. The topological polar surface area (TPSA) is 48.9 Å². The van der Waals surface area contributed by atoms with E-state index in [9.17, 15) is 0 Å². The van der Waals surface area contributed by atoms with Crippen molar-refractivity contribution in [1.82, 2.24) is 9.97 Å². The monoisotopic (exact) mass is 188 g/mol. The third-order valence-corrected chi connectivity index (χ3v) is 2.15. The Balaban J connectivity index is 2.33. The zero-order valence-electron chi connectivity index (χ0n) is 7.99. The van der Waals surface area contributed by atoms with Crippen molar-refractivity contribution in [1.29, 1.82) is 0 Å². The van der Waals surface area contributed by atoms with Crippen molar-refractivity contribution in [2.45, 2.75) is 13.5 Å². The van der Waals surface area contributed by atoms with Gasteiger partial charge in [-0.25, -0.2) is 4.98 Å². The molecule has 2 rings (SSSR count). The molecule has 0 spiro atoms. The highest BCUT2D eigenvalue weighted by Gasteiger charge is 1.99. The largest absolute Gasteiger partial charge is 0.392 e. The molecule has 0 saturated carbocycles. The molecule has 14 heavy (non-hydrogen) atoms. The van der Waals surface area contributed by atoms with E-state index in [1.807, 2.05) is 37.4 Å². The van der Waals surface area contributed by atoms with E-state index >= 15 is 0 Å². The first-order valence-corrected chi connectivity index (χ1v) is 4.51. The third kappa shape index (κ3) is 1.67. The Morgan fingerprint density at radius 3 is 2.50 bits per heavy atom. The third-order valence-electron chi connectivity index (χ3n) is 2.15. The lowest BCUT2D eigenvalue weighted by atomic mass is 10.1. The van der Waals surface area contributed by atoms with Crippen molar-refractivity contribution in [2.24, 2.45) is 0 Å². The summed E-state index contributed by atoms with van der Waals surface area (Å²) in [4.78, 5) is 7.29. The second-order valence-electron chi connectivity index (χ2n) is 3.24. The predicted octanol–water partition coefficient (Wildman–Crippen LogP) is 1.88. The molecule has 1 aromatic carbocycles. The second-order valence-corrected chi connectivity index (χ2v) is 3.24. The lowest BCUT2D eigenvalue weighted by molar-refractivity contribution is 0.282. The van der Waals surface area contributed by atoms with Crippen molar-refractivity contribution < 1.29 is 5.11 Å². The molecule has 2 N–H and O–H groups in total. The number of aryl methyl sites for hydroxylation is 1. The predicted molar refractivity (Wildman–Crippen MR) is 54.7 cm³/mol. The minimum absolute atomic E-state index is 0.0856. The van der Waals surface area contributed by atoms with E-state index in [0.717, 1.165) is 22.6 Å². The van der Waals surface area contributed by atoms with Crippen LogP contribution in [0.15, 0.2) is 30.5 Å². The number of imidazole rings is 1. The summed E-state index contributed by atoms with van der Waals surface area (Å²) in [6, 6.07) is 7.76. The Kier molecular flexibility index (Phi) is 2.33. The lowest BCUT2D eigenvalue weighted by Gasteiger charge is -1.99.